The molecule has 0 aliphatic carbocycles. The fraction of sp³-hybridized carbons (Fsp3) is 0.706. The van der Waals surface area contributed by atoms with E-state index in [0.29, 0.717) is 17.1 Å². The maximum absolute atomic E-state index is 5.60. The van der Waals surface area contributed by atoms with E-state index in [9.17, 15) is 0 Å². The van der Waals surface area contributed by atoms with Crippen molar-refractivity contribution in [3.63, 3.8) is 0 Å². The number of thiocarbonyl (C=S) groups is 1. The van der Waals surface area contributed by atoms with E-state index in [2.05, 4.69) is 38.5 Å². The van der Waals surface area contributed by atoms with E-state index in [-0.39, 0.29) is 6.10 Å². The molecule has 3 heterocycles. The Hall–Kier alpha value is -1.47. The molecule has 0 aromatic carbocycles. The van der Waals surface area contributed by atoms with Gasteiger partial charge in [0.25, 0.3) is 0 Å². The molecule has 2 fully saturated rings. The molecule has 0 radical (unpaired) electrons. The lowest BCUT2D eigenvalue weighted by Crippen LogP contribution is -2.38. The average Bonchev–Trinajstić information content (AvgIpc) is 3.06. The van der Waals surface area contributed by atoms with Crippen LogP contribution in [-0.4, -0.2) is 46.9 Å². The van der Waals surface area contributed by atoms with Crippen molar-refractivity contribution in [3.8, 4) is 0 Å². The first-order valence-electron chi connectivity index (χ1n) is 8.90. The van der Waals surface area contributed by atoms with Gasteiger partial charge >= 0.3 is 0 Å². The minimum Gasteiger partial charge on any atom is -0.376 e. The van der Waals surface area contributed by atoms with Gasteiger partial charge in [0.2, 0.25) is 5.95 Å². The van der Waals surface area contributed by atoms with Gasteiger partial charge in [0.15, 0.2) is 5.11 Å². The van der Waals surface area contributed by atoms with Gasteiger partial charge < -0.3 is 20.3 Å². The van der Waals surface area contributed by atoms with Gasteiger partial charge in [0.1, 0.15) is 5.82 Å². The van der Waals surface area contributed by atoms with Crippen LogP contribution in [0.5, 0.6) is 0 Å². The Morgan fingerprint density at radius 2 is 2.21 bits per heavy atom. The third-order valence-electron chi connectivity index (χ3n) is 4.68. The second kappa shape index (κ2) is 8.07. The number of hydrogen-bond donors (Lipinski definition) is 2. The van der Waals surface area contributed by atoms with Crippen LogP contribution in [0.2, 0.25) is 0 Å². The van der Waals surface area contributed by atoms with Gasteiger partial charge in [0, 0.05) is 37.5 Å². The van der Waals surface area contributed by atoms with Gasteiger partial charge in [-0.25, -0.2) is 4.98 Å². The Morgan fingerprint density at radius 1 is 1.33 bits per heavy atom. The standard InChI is InChI=1S/C17H27N5OS/c1-12-10-15(22-8-4-3-6-13(22)2)20-16(19-12)21-17(24)18-11-14-7-5-9-23-14/h10,13-14H,3-9,11H2,1-2H3,(H2,18,19,20,21,24)/t13-,14+/m1/s1. The molecule has 1 aromatic rings. The molecule has 3 rings (SSSR count). The molecule has 0 saturated carbocycles. The molecule has 7 heteroatoms. The van der Waals surface area contributed by atoms with Gasteiger partial charge in [-0.05, 0) is 58.2 Å². The smallest absolute Gasteiger partial charge is 0.231 e. The molecule has 2 aliphatic rings. The van der Waals surface area contributed by atoms with Crippen molar-refractivity contribution in [2.24, 2.45) is 0 Å². The van der Waals surface area contributed by atoms with E-state index in [1.54, 1.807) is 0 Å². The highest BCUT2D eigenvalue weighted by Crippen LogP contribution is 2.24. The van der Waals surface area contributed by atoms with Crippen molar-refractivity contribution in [1.29, 1.82) is 0 Å². The van der Waals surface area contributed by atoms with Crippen molar-refractivity contribution in [2.75, 3.05) is 29.9 Å². The Morgan fingerprint density at radius 3 is 2.96 bits per heavy atom. The van der Waals surface area contributed by atoms with Gasteiger partial charge in [-0.15, -0.1) is 0 Å². The number of ether oxygens (including phenoxy) is 1. The van der Waals surface area contributed by atoms with Crippen LogP contribution in [0.3, 0.4) is 0 Å². The topological polar surface area (TPSA) is 62.3 Å². The van der Waals surface area contributed by atoms with Crippen LogP contribution in [0, 0.1) is 6.92 Å². The molecule has 2 aliphatic heterocycles. The SMILES string of the molecule is Cc1cc(N2CCCC[C@H]2C)nc(NC(=S)NC[C@@H]2CCCO2)n1. The highest BCUT2D eigenvalue weighted by Gasteiger charge is 2.21. The fourth-order valence-corrected chi connectivity index (χ4v) is 3.53. The van der Waals surface area contributed by atoms with Gasteiger partial charge in [-0.3, -0.25) is 0 Å². The number of hydrogen-bond acceptors (Lipinski definition) is 5. The molecule has 0 spiro atoms. The maximum Gasteiger partial charge on any atom is 0.231 e. The van der Waals surface area contributed by atoms with E-state index in [0.717, 1.165) is 44.0 Å². The molecule has 0 unspecified atom stereocenters. The van der Waals surface area contributed by atoms with Crippen molar-refractivity contribution in [2.45, 2.75) is 58.1 Å². The summed E-state index contributed by atoms with van der Waals surface area (Å²) in [6, 6.07) is 2.57. The zero-order chi connectivity index (χ0) is 16.9. The molecule has 2 atom stereocenters. The Balaban J connectivity index is 1.61. The number of aromatic nitrogens is 2. The summed E-state index contributed by atoms with van der Waals surface area (Å²) in [5.41, 5.74) is 0.946. The number of nitrogens with zero attached hydrogens (tertiary/aromatic N) is 3. The van der Waals surface area contributed by atoms with Crippen molar-refractivity contribution in [3.05, 3.63) is 11.8 Å². The summed E-state index contributed by atoms with van der Waals surface area (Å²) in [5.74, 6) is 1.55. The Labute approximate surface area is 149 Å². The van der Waals surface area contributed by atoms with Crippen LogP contribution in [0.1, 0.15) is 44.7 Å². The predicted octanol–water partition coefficient (Wildman–Crippen LogP) is 2.63. The second-order valence-electron chi connectivity index (χ2n) is 6.70. The molecule has 1 aromatic heterocycles. The van der Waals surface area contributed by atoms with E-state index in [1.807, 2.05) is 6.92 Å². The molecular weight excluding hydrogens is 322 g/mol. The summed E-state index contributed by atoms with van der Waals surface area (Å²) in [6.07, 6.45) is 6.21. The van der Waals surface area contributed by atoms with Crippen molar-refractivity contribution >= 4 is 29.1 Å². The fourth-order valence-electron chi connectivity index (χ4n) is 3.35. The normalized spacial score (nSPS) is 24.0. The lowest BCUT2D eigenvalue weighted by atomic mass is 10.0. The third kappa shape index (κ3) is 4.54. The quantitative estimate of drug-likeness (QED) is 0.810. The van der Waals surface area contributed by atoms with Gasteiger partial charge in [-0.2, -0.15) is 4.98 Å². The molecule has 6 nitrogen and oxygen atoms in total. The first-order chi connectivity index (χ1) is 11.6. The van der Waals surface area contributed by atoms with Crippen molar-refractivity contribution < 1.29 is 4.74 Å². The Kier molecular flexibility index (Phi) is 5.84. The molecule has 0 amide bonds. The van der Waals surface area contributed by atoms with Crippen molar-refractivity contribution in [1.82, 2.24) is 15.3 Å². The lowest BCUT2D eigenvalue weighted by molar-refractivity contribution is 0.114. The average molecular weight is 350 g/mol. The van der Waals surface area contributed by atoms with Crippen LogP contribution < -0.4 is 15.5 Å². The maximum atomic E-state index is 5.60. The van der Waals surface area contributed by atoms with E-state index < -0.39 is 0 Å². The third-order valence-corrected chi connectivity index (χ3v) is 4.92. The number of rotatable bonds is 4. The summed E-state index contributed by atoms with van der Waals surface area (Å²) in [5, 5.41) is 6.87. The van der Waals surface area contributed by atoms with E-state index >= 15 is 0 Å². The highest BCUT2D eigenvalue weighted by atomic mass is 32.1. The zero-order valence-electron chi connectivity index (χ0n) is 14.5. The van der Waals surface area contributed by atoms with Gasteiger partial charge in [-0.1, -0.05) is 0 Å². The summed E-state index contributed by atoms with van der Waals surface area (Å²) < 4.78 is 5.60. The summed E-state index contributed by atoms with van der Waals surface area (Å²) in [4.78, 5) is 11.5. The van der Waals surface area contributed by atoms with Crippen LogP contribution in [0.4, 0.5) is 11.8 Å². The summed E-state index contributed by atoms with van der Waals surface area (Å²) in [7, 11) is 0. The van der Waals surface area contributed by atoms with E-state index in [4.69, 9.17) is 17.0 Å². The highest BCUT2D eigenvalue weighted by molar-refractivity contribution is 7.80. The molecular formula is C17H27N5OS. The van der Waals surface area contributed by atoms with Crippen LogP contribution >= 0.6 is 12.2 Å². The first-order valence-corrected chi connectivity index (χ1v) is 9.31. The molecule has 24 heavy (non-hydrogen) atoms. The molecule has 2 N–H and O–H groups in total. The largest absolute Gasteiger partial charge is 0.376 e. The number of piperidine rings is 1. The number of aryl methyl sites for hydroxylation is 1. The number of anilines is 2. The lowest BCUT2D eigenvalue weighted by Gasteiger charge is -2.34. The van der Waals surface area contributed by atoms with Crippen LogP contribution in [0.15, 0.2) is 6.07 Å². The van der Waals surface area contributed by atoms with Crippen LogP contribution in [0.25, 0.3) is 0 Å². The summed E-state index contributed by atoms with van der Waals surface area (Å²) >= 11 is 5.37. The second-order valence-corrected chi connectivity index (χ2v) is 7.11. The number of nitrogens with one attached hydrogen (secondary N) is 2. The minimum atomic E-state index is 0.257. The molecule has 132 valence electrons. The molecule has 2 saturated heterocycles. The molecule has 0 bridgehead atoms. The summed E-state index contributed by atoms with van der Waals surface area (Å²) in [6.45, 7) is 6.89. The van der Waals surface area contributed by atoms with Gasteiger partial charge in [0.05, 0.1) is 6.10 Å². The van der Waals surface area contributed by atoms with E-state index in [1.165, 1.54) is 19.3 Å². The monoisotopic (exact) mass is 349 g/mol. The zero-order valence-corrected chi connectivity index (χ0v) is 15.4. The van der Waals surface area contributed by atoms with Crippen LogP contribution in [-0.2, 0) is 4.74 Å². The first kappa shape index (κ1) is 17.4. The minimum absolute atomic E-state index is 0.257. The predicted molar refractivity (Wildman–Crippen MR) is 101 cm³/mol. The Bertz CT molecular complexity index is 576.